The molecule has 0 spiro atoms. The molecule has 2 unspecified atom stereocenters. The lowest BCUT2D eigenvalue weighted by atomic mass is 9.92. The highest BCUT2D eigenvalue weighted by atomic mass is 16.6. The lowest BCUT2D eigenvalue weighted by Gasteiger charge is -2.22. The zero-order valence-corrected chi connectivity index (χ0v) is 16.5. The van der Waals surface area contributed by atoms with E-state index in [1.165, 1.54) is 0 Å². The van der Waals surface area contributed by atoms with E-state index < -0.39 is 23.9 Å². The smallest absolute Gasteiger partial charge is 0.407 e. The van der Waals surface area contributed by atoms with E-state index in [0.29, 0.717) is 5.56 Å². The first-order valence-electron chi connectivity index (χ1n) is 9.49. The van der Waals surface area contributed by atoms with Gasteiger partial charge in [-0.25, -0.2) is 4.79 Å². The van der Waals surface area contributed by atoms with Gasteiger partial charge in [0.15, 0.2) is 0 Å². The Hall–Kier alpha value is -2.63. The Balaban J connectivity index is 1.77. The molecule has 0 aliphatic rings. The van der Waals surface area contributed by atoms with Crippen LogP contribution in [0.3, 0.4) is 0 Å². The number of hydrogen-bond acceptors (Lipinski definition) is 4. The fourth-order valence-corrected chi connectivity index (χ4v) is 3.33. The van der Waals surface area contributed by atoms with Gasteiger partial charge in [0.2, 0.25) is 0 Å². The van der Waals surface area contributed by atoms with Crippen molar-refractivity contribution in [3.63, 3.8) is 0 Å². The largest absolute Gasteiger partial charge is 0.444 e. The number of benzene rings is 3. The van der Waals surface area contributed by atoms with Crippen LogP contribution in [0.2, 0.25) is 0 Å². The van der Waals surface area contributed by atoms with E-state index in [2.05, 4.69) is 11.4 Å². The van der Waals surface area contributed by atoms with Crippen molar-refractivity contribution in [1.29, 1.82) is 0 Å². The molecule has 3 aromatic rings. The second-order valence-corrected chi connectivity index (χ2v) is 7.96. The Morgan fingerprint density at radius 1 is 1.00 bits per heavy atom. The van der Waals surface area contributed by atoms with Crippen LogP contribution in [-0.4, -0.2) is 34.6 Å². The number of amides is 1. The minimum atomic E-state index is -1.06. The average Bonchev–Trinajstić information content (AvgIpc) is 2.65. The molecule has 0 saturated heterocycles. The van der Waals surface area contributed by atoms with Crippen LogP contribution in [0.4, 0.5) is 4.79 Å². The summed E-state index contributed by atoms with van der Waals surface area (Å²) in [4.78, 5) is 11.7. The van der Waals surface area contributed by atoms with E-state index in [9.17, 15) is 15.0 Å². The predicted molar refractivity (Wildman–Crippen MR) is 111 cm³/mol. The van der Waals surface area contributed by atoms with Crippen LogP contribution < -0.4 is 5.32 Å². The summed E-state index contributed by atoms with van der Waals surface area (Å²) in [5.74, 6) is 0. The van der Waals surface area contributed by atoms with Crippen molar-refractivity contribution >= 4 is 27.6 Å². The Bertz CT molecular complexity index is 977. The normalized spacial score (nSPS) is 14.0. The molecule has 5 nitrogen and oxygen atoms in total. The number of alkyl carbamates (subject to hydrolysis) is 1. The monoisotopic (exact) mass is 381 g/mol. The van der Waals surface area contributed by atoms with E-state index >= 15 is 0 Å². The lowest BCUT2D eigenvalue weighted by Crippen LogP contribution is -2.34. The molecule has 0 radical (unpaired) electrons. The van der Waals surface area contributed by atoms with Crippen molar-refractivity contribution in [1.82, 2.24) is 5.32 Å². The molecular weight excluding hydrogens is 354 g/mol. The molecule has 3 rings (SSSR count). The van der Waals surface area contributed by atoms with Crippen LogP contribution in [-0.2, 0) is 4.74 Å². The molecule has 3 N–H and O–H groups in total. The van der Waals surface area contributed by atoms with Crippen molar-refractivity contribution < 1.29 is 19.7 Å². The third-order valence-corrected chi connectivity index (χ3v) is 4.59. The maximum atomic E-state index is 11.7. The first-order valence-corrected chi connectivity index (χ1v) is 9.49. The van der Waals surface area contributed by atoms with Gasteiger partial charge in [-0.3, -0.25) is 0 Å². The van der Waals surface area contributed by atoms with Crippen LogP contribution in [0.5, 0.6) is 0 Å². The van der Waals surface area contributed by atoms with E-state index in [0.717, 1.165) is 21.5 Å². The minimum absolute atomic E-state index is 0.207. The van der Waals surface area contributed by atoms with Crippen molar-refractivity contribution in [2.24, 2.45) is 0 Å². The third kappa shape index (κ3) is 4.61. The van der Waals surface area contributed by atoms with E-state index in [1.807, 2.05) is 48.5 Å². The summed E-state index contributed by atoms with van der Waals surface area (Å²) < 4.78 is 5.18. The van der Waals surface area contributed by atoms with E-state index in [1.54, 1.807) is 20.8 Å². The number of fused-ring (bicyclic) bond motifs is 3. The second kappa shape index (κ2) is 8.17. The molecule has 5 heteroatoms. The Morgan fingerprint density at radius 2 is 1.61 bits per heavy atom. The number of aliphatic hydroxyl groups is 2. The van der Waals surface area contributed by atoms with Gasteiger partial charge in [-0.15, -0.1) is 0 Å². The summed E-state index contributed by atoms with van der Waals surface area (Å²) in [7, 11) is 0. The summed E-state index contributed by atoms with van der Waals surface area (Å²) in [5.41, 5.74) is 0.103. The van der Waals surface area contributed by atoms with Crippen molar-refractivity contribution in [3.8, 4) is 0 Å². The van der Waals surface area contributed by atoms with Gasteiger partial charge in [0, 0.05) is 6.54 Å². The molecule has 0 bridgehead atoms. The predicted octanol–water partition coefficient (Wildman–Crippen LogP) is 4.30. The highest BCUT2D eigenvalue weighted by Crippen LogP contribution is 2.33. The number of hydrogen-bond donors (Lipinski definition) is 3. The van der Waals surface area contributed by atoms with Crippen LogP contribution in [0.15, 0.2) is 54.6 Å². The zero-order valence-electron chi connectivity index (χ0n) is 16.5. The number of carbonyl (C=O) groups excluding carboxylic acids is 1. The van der Waals surface area contributed by atoms with Crippen molar-refractivity contribution in [3.05, 3.63) is 60.2 Å². The molecule has 148 valence electrons. The maximum absolute atomic E-state index is 11.7. The van der Waals surface area contributed by atoms with Gasteiger partial charge in [0.1, 0.15) is 11.7 Å². The standard InChI is InChI=1S/C23H27NO4/c1-23(2,3)28-22(27)24-13-12-20(25)21(26)19-14-15-8-4-5-9-16(15)17-10-6-7-11-18(17)19/h4-11,14,20-21,25-26H,12-13H2,1-3H3,(H,24,27). The van der Waals surface area contributed by atoms with E-state index in [4.69, 9.17) is 4.74 Å². The highest BCUT2D eigenvalue weighted by molar-refractivity contribution is 6.09. The Labute approximate surface area is 164 Å². The molecule has 2 atom stereocenters. The summed E-state index contributed by atoms with van der Waals surface area (Å²) in [6.07, 6.45) is -2.40. The van der Waals surface area contributed by atoms with E-state index in [-0.39, 0.29) is 13.0 Å². The first kappa shape index (κ1) is 20.1. The summed E-state index contributed by atoms with van der Waals surface area (Å²) in [6.45, 7) is 5.57. The maximum Gasteiger partial charge on any atom is 0.407 e. The molecule has 0 heterocycles. The number of aliphatic hydroxyl groups excluding tert-OH is 2. The SMILES string of the molecule is CC(C)(C)OC(=O)NCCC(O)C(O)c1cc2ccccc2c2ccccc12. The fourth-order valence-electron chi connectivity index (χ4n) is 3.33. The van der Waals surface area contributed by atoms with Crippen molar-refractivity contribution in [2.45, 2.75) is 45.0 Å². The highest BCUT2D eigenvalue weighted by Gasteiger charge is 2.22. The molecule has 0 aliphatic heterocycles. The average molecular weight is 381 g/mol. The molecule has 1 amide bonds. The van der Waals surface area contributed by atoms with Gasteiger partial charge in [0.05, 0.1) is 6.10 Å². The quantitative estimate of drug-likeness (QED) is 0.576. The summed E-state index contributed by atoms with van der Waals surface area (Å²) >= 11 is 0. The van der Waals surface area contributed by atoms with Crippen LogP contribution in [0.25, 0.3) is 21.5 Å². The van der Waals surface area contributed by atoms with Gasteiger partial charge in [-0.05, 0) is 60.4 Å². The molecule has 0 fully saturated rings. The number of ether oxygens (including phenoxy) is 1. The van der Waals surface area contributed by atoms with Crippen molar-refractivity contribution in [2.75, 3.05) is 6.54 Å². The summed E-state index contributed by atoms with van der Waals surface area (Å²) in [5, 5.41) is 28.0. The van der Waals surface area contributed by atoms with Crippen LogP contribution in [0, 0.1) is 0 Å². The second-order valence-electron chi connectivity index (χ2n) is 7.96. The van der Waals surface area contributed by atoms with Gasteiger partial charge in [-0.2, -0.15) is 0 Å². The Morgan fingerprint density at radius 3 is 2.29 bits per heavy atom. The number of rotatable bonds is 5. The Kier molecular flexibility index (Phi) is 5.87. The molecule has 0 aliphatic carbocycles. The third-order valence-electron chi connectivity index (χ3n) is 4.59. The molecule has 0 saturated carbocycles. The summed E-state index contributed by atoms with van der Waals surface area (Å²) in [6, 6.07) is 17.8. The van der Waals surface area contributed by atoms with Crippen LogP contribution in [0.1, 0.15) is 38.9 Å². The topological polar surface area (TPSA) is 78.8 Å². The first-order chi connectivity index (χ1) is 13.3. The number of carbonyl (C=O) groups is 1. The fraction of sp³-hybridized carbons (Fsp3) is 0.348. The minimum Gasteiger partial charge on any atom is -0.444 e. The lowest BCUT2D eigenvalue weighted by molar-refractivity contribution is 0.0131. The van der Waals surface area contributed by atoms with Gasteiger partial charge < -0.3 is 20.3 Å². The molecule has 0 aromatic heterocycles. The molecule has 28 heavy (non-hydrogen) atoms. The number of nitrogens with one attached hydrogen (secondary N) is 1. The zero-order chi connectivity index (χ0) is 20.3. The van der Waals surface area contributed by atoms with Gasteiger partial charge in [-0.1, -0.05) is 48.5 Å². The molecular formula is C23H27NO4. The molecule has 3 aromatic carbocycles. The van der Waals surface area contributed by atoms with Gasteiger partial charge in [0.25, 0.3) is 0 Å². The van der Waals surface area contributed by atoms with Gasteiger partial charge >= 0.3 is 6.09 Å². The van der Waals surface area contributed by atoms with Crippen LogP contribution >= 0.6 is 0 Å².